The molecule has 1 aliphatic rings. The van der Waals surface area contributed by atoms with Crippen molar-refractivity contribution in [1.82, 2.24) is 19.4 Å². The van der Waals surface area contributed by atoms with Crippen LogP contribution in [0.2, 0.25) is 0 Å². The largest absolute Gasteiger partial charge is 0.497 e. The van der Waals surface area contributed by atoms with Gasteiger partial charge < -0.3 is 4.74 Å². The summed E-state index contributed by atoms with van der Waals surface area (Å²) in [5, 5.41) is 3.94. The van der Waals surface area contributed by atoms with Crippen molar-refractivity contribution in [3.05, 3.63) is 42.2 Å². The number of likely N-dealkylation sites (tertiary alicyclic amines) is 1. The minimum atomic E-state index is -3.58. The summed E-state index contributed by atoms with van der Waals surface area (Å²) in [4.78, 5) is 2.50. The van der Waals surface area contributed by atoms with Gasteiger partial charge in [-0.3, -0.25) is 9.58 Å². The number of hydrogen-bond acceptors (Lipinski definition) is 5. The Bertz CT molecular complexity index is 813. The lowest BCUT2D eigenvalue weighted by atomic mass is 10.1. The Morgan fingerprint density at radius 3 is 2.72 bits per heavy atom. The molecule has 0 amide bonds. The summed E-state index contributed by atoms with van der Waals surface area (Å²) in [6.45, 7) is 2.25. The van der Waals surface area contributed by atoms with Crippen LogP contribution in [0.25, 0.3) is 0 Å². The van der Waals surface area contributed by atoms with E-state index in [0.29, 0.717) is 6.54 Å². The van der Waals surface area contributed by atoms with E-state index in [2.05, 4.69) is 14.7 Å². The minimum absolute atomic E-state index is 0.0240. The lowest BCUT2D eigenvalue weighted by Crippen LogP contribution is -2.36. The standard InChI is InChI=1S/C17H24N4O3S/c1-20-13-16(11-18-20)25(22,23)19-12-17(21-8-3-4-9-21)14-6-5-7-15(10-14)24-2/h5-7,10-11,13,17,19H,3-4,8-9,12H2,1-2H3/t17-/m1/s1. The highest BCUT2D eigenvalue weighted by molar-refractivity contribution is 7.89. The molecular weight excluding hydrogens is 340 g/mol. The number of nitrogens with one attached hydrogen (secondary N) is 1. The number of nitrogens with zero attached hydrogens (tertiary/aromatic N) is 3. The third-order valence-electron chi connectivity index (χ3n) is 4.52. The van der Waals surface area contributed by atoms with Gasteiger partial charge in [-0.15, -0.1) is 0 Å². The Morgan fingerprint density at radius 1 is 1.32 bits per heavy atom. The first-order chi connectivity index (χ1) is 12.0. The molecule has 0 aliphatic carbocycles. The van der Waals surface area contributed by atoms with Crippen molar-refractivity contribution in [1.29, 1.82) is 0 Å². The number of hydrogen-bond donors (Lipinski definition) is 1. The molecule has 0 radical (unpaired) electrons. The number of ether oxygens (including phenoxy) is 1. The quantitative estimate of drug-likeness (QED) is 0.807. The molecule has 1 aliphatic heterocycles. The molecule has 25 heavy (non-hydrogen) atoms. The smallest absolute Gasteiger partial charge is 0.243 e. The molecule has 136 valence electrons. The third-order valence-corrected chi connectivity index (χ3v) is 5.90. The van der Waals surface area contributed by atoms with E-state index >= 15 is 0 Å². The summed E-state index contributed by atoms with van der Waals surface area (Å²) < 4.78 is 34.6. The normalized spacial score (nSPS) is 16.9. The van der Waals surface area contributed by atoms with Crippen LogP contribution in [0.5, 0.6) is 5.75 Å². The van der Waals surface area contributed by atoms with E-state index in [0.717, 1.165) is 37.2 Å². The summed E-state index contributed by atoms with van der Waals surface area (Å²) in [6, 6.07) is 7.80. The van der Waals surface area contributed by atoms with E-state index in [9.17, 15) is 8.42 Å². The molecule has 0 spiro atoms. The second-order valence-corrected chi connectivity index (χ2v) is 8.00. The Hall–Kier alpha value is -1.90. The third kappa shape index (κ3) is 4.20. The van der Waals surface area contributed by atoms with E-state index in [1.165, 1.54) is 17.1 Å². The maximum atomic E-state index is 12.5. The molecule has 2 aromatic rings. The van der Waals surface area contributed by atoms with Crippen molar-refractivity contribution in [2.24, 2.45) is 7.05 Å². The fraction of sp³-hybridized carbons (Fsp3) is 0.471. The van der Waals surface area contributed by atoms with Crippen LogP contribution < -0.4 is 9.46 Å². The molecule has 1 atom stereocenters. The fourth-order valence-corrected chi connectivity index (χ4v) is 4.19. The zero-order valence-electron chi connectivity index (χ0n) is 14.6. The van der Waals surface area contributed by atoms with Gasteiger partial charge in [0.25, 0.3) is 0 Å². The zero-order chi connectivity index (χ0) is 17.9. The summed E-state index contributed by atoms with van der Waals surface area (Å²) in [6.07, 6.45) is 5.13. The number of methoxy groups -OCH3 is 1. The molecule has 0 unspecified atom stereocenters. The molecule has 1 aromatic carbocycles. The lowest BCUT2D eigenvalue weighted by molar-refractivity contribution is 0.246. The van der Waals surface area contributed by atoms with E-state index < -0.39 is 10.0 Å². The highest BCUT2D eigenvalue weighted by Crippen LogP contribution is 2.27. The van der Waals surface area contributed by atoms with Crippen LogP contribution in [0.15, 0.2) is 41.6 Å². The first kappa shape index (κ1) is 17.9. The van der Waals surface area contributed by atoms with Crippen molar-refractivity contribution in [3.8, 4) is 5.75 Å². The molecule has 3 rings (SSSR count). The number of aromatic nitrogens is 2. The highest BCUT2D eigenvalue weighted by Gasteiger charge is 2.26. The van der Waals surface area contributed by atoms with Crippen molar-refractivity contribution in [2.45, 2.75) is 23.8 Å². The van der Waals surface area contributed by atoms with Gasteiger partial charge in [0.2, 0.25) is 10.0 Å². The number of sulfonamides is 1. The topological polar surface area (TPSA) is 76.5 Å². The van der Waals surface area contributed by atoms with Gasteiger partial charge in [-0.1, -0.05) is 12.1 Å². The molecule has 0 saturated carbocycles. The van der Waals surface area contributed by atoms with E-state index in [-0.39, 0.29) is 10.9 Å². The first-order valence-electron chi connectivity index (χ1n) is 8.36. The number of rotatable bonds is 7. The van der Waals surface area contributed by atoms with Crippen molar-refractivity contribution < 1.29 is 13.2 Å². The summed E-state index contributed by atoms with van der Waals surface area (Å²) in [7, 11) is -0.248. The maximum absolute atomic E-state index is 12.5. The van der Waals surface area contributed by atoms with Gasteiger partial charge in [-0.2, -0.15) is 5.10 Å². The van der Waals surface area contributed by atoms with Crippen LogP contribution >= 0.6 is 0 Å². The van der Waals surface area contributed by atoms with Crippen LogP contribution in [0.1, 0.15) is 24.4 Å². The Balaban J connectivity index is 1.80. The van der Waals surface area contributed by atoms with Crippen molar-refractivity contribution >= 4 is 10.0 Å². The molecular formula is C17H24N4O3S. The summed E-state index contributed by atoms with van der Waals surface area (Å²) in [5.74, 6) is 0.775. The minimum Gasteiger partial charge on any atom is -0.497 e. The van der Waals surface area contributed by atoms with Gasteiger partial charge in [0, 0.05) is 25.8 Å². The van der Waals surface area contributed by atoms with Crippen molar-refractivity contribution in [3.63, 3.8) is 0 Å². The van der Waals surface area contributed by atoms with Crippen molar-refractivity contribution in [2.75, 3.05) is 26.7 Å². The predicted octanol–water partition coefficient (Wildman–Crippen LogP) is 1.54. The summed E-state index contributed by atoms with van der Waals surface area (Å²) >= 11 is 0. The fourth-order valence-electron chi connectivity index (χ4n) is 3.17. The Kier molecular flexibility index (Phi) is 5.41. The molecule has 1 N–H and O–H groups in total. The molecule has 7 nitrogen and oxygen atoms in total. The van der Waals surface area contributed by atoms with Crippen LogP contribution in [-0.2, 0) is 17.1 Å². The Morgan fingerprint density at radius 2 is 2.08 bits per heavy atom. The molecule has 1 saturated heterocycles. The van der Waals surface area contributed by atoms with Crippen LogP contribution in [0.3, 0.4) is 0 Å². The average Bonchev–Trinajstić information content (AvgIpc) is 3.27. The van der Waals surface area contributed by atoms with Gasteiger partial charge in [0.05, 0.1) is 13.3 Å². The molecule has 0 bridgehead atoms. The van der Waals surface area contributed by atoms with Gasteiger partial charge in [0.15, 0.2) is 0 Å². The van der Waals surface area contributed by atoms with Gasteiger partial charge in [-0.25, -0.2) is 13.1 Å². The predicted molar refractivity (Wildman–Crippen MR) is 94.9 cm³/mol. The monoisotopic (exact) mass is 364 g/mol. The van der Waals surface area contributed by atoms with E-state index in [1.54, 1.807) is 14.2 Å². The molecule has 1 aromatic heterocycles. The van der Waals surface area contributed by atoms with Gasteiger partial charge in [0.1, 0.15) is 10.6 Å². The van der Waals surface area contributed by atoms with Gasteiger partial charge >= 0.3 is 0 Å². The second-order valence-electron chi connectivity index (χ2n) is 6.24. The Labute approximate surface area is 148 Å². The zero-order valence-corrected chi connectivity index (χ0v) is 15.4. The van der Waals surface area contributed by atoms with Gasteiger partial charge in [-0.05, 0) is 43.6 Å². The second kappa shape index (κ2) is 7.55. The van der Waals surface area contributed by atoms with E-state index in [1.807, 2.05) is 24.3 Å². The highest BCUT2D eigenvalue weighted by atomic mass is 32.2. The van der Waals surface area contributed by atoms with E-state index in [4.69, 9.17) is 4.74 Å². The molecule has 1 fully saturated rings. The molecule has 8 heteroatoms. The average molecular weight is 364 g/mol. The lowest BCUT2D eigenvalue weighted by Gasteiger charge is -2.28. The summed E-state index contributed by atoms with van der Waals surface area (Å²) in [5.41, 5.74) is 1.05. The number of benzene rings is 1. The van der Waals surface area contributed by atoms with Crippen LogP contribution in [-0.4, -0.2) is 49.8 Å². The number of aryl methyl sites for hydroxylation is 1. The SMILES string of the molecule is COc1cccc([C@@H](CNS(=O)(=O)c2cnn(C)c2)N2CCCC2)c1. The first-order valence-corrected chi connectivity index (χ1v) is 9.84. The van der Waals surface area contributed by atoms with Crippen LogP contribution in [0.4, 0.5) is 0 Å². The van der Waals surface area contributed by atoms with Crippen LogP contribution in [0, 0.1) is 0 Å². The molecule has 2 heterocycles. The maximum Gasteiger partial charge on any atom is 0.243 e.